The van der Waals surface area contributed by atoms with Crippen LogP contribution in [0, 0.1) is 5.82 Å². The van der Waals surface area contributed by atoms with Gasteiger partial charge in [-0.1, -0.05) is 21.1 Å². The molecule has 0 radical (unpaired) electrons. The van der Waals surface area contributed by atoms with Crippen LogP contribution >= 0.6 is 27.5 Å². The van der Waals surface area contributed by atoms with Crippen molar-refractivity contribution >= 4 is 27.5 Å². The molecule has 5 heteroatoms. The van der Waals surface area contributed by atoms with Crippen LogP contribution in [0.2, 0.25) is 5.22 Å². The second-order valence-corrected chi connectivity index (χ2v) is 3.96. The first-order valence-corrected chi connectivity index (χ1v) is 4.91. The molecule has 2 nitrogen and oxygen atoms in total. The van der Waals surface area contributed by atoms with Crippen molar-refractivity contribution in [3.63, 3.8) is 0 Å². The van der Waals surface area contributed by atoms with Crippen LogP contribution in [0.3, 0.4) is 0 Å². The van der Waals surface area contributed by atoms with Gasteiger partial charge in [-0.2, -0.15) is 0 Å². The molecule has 1 aromatic heterocycles. The molecule has 0 saturated carbocycles. The van der Waals surface area contributed by atoms with Crippen LogP contribution in [0.1, 0.15) is 0 Å². The molecule has 14 heavy (non-hydrogen) atoms. The fraction of sp³-hybridized carbons (Fsp3) is 0. The summed E-state index contributed by atoms with van der Waals surface area (Å²) in [5.41, 5.74) is 1.13. The summed E-state index contributed by atoms with van der Waals surface area (Å²) in [6.45, 7) is 0. The van der Waals surface area contributed by atoms with E-state index < -0.39 is 0 Å². The molecule has 72 valence electrons. The third-order valence-electron chi connectivity index (χ3n) is 1.64. The van der Waals surface area contributed by atoms with E-state index in [1.807, 2.05) is 0 Å². The Morgan fingerprint density at radius 1 is 1.29 bits per heavy atom. The van der Waals surface area contributed by atoms with Gasteiger partial charge >= 0.3 is 0 Å². The lowest BCUT2D eigenvalue weighted by Crippen LogP contribution is -1.80. The first-order chi connectivity index (χ1) is 6.65. The number of hydrogen-bond acceptors (Lipinski definition) is 2. The van der Waals surface area contributed by atoms with E-state index in [9.17, 15) is 4.39 Å². The van der Waals surface area contributed by atoms with Crippen molar-refractivity contribution in [1.82, 2.24) is 5.16 Å². The van der Waals surface area contributed by atoms with Crippen molar-refractivity contribution in [3.8, 4) is 11.3 Å². The number of benzene rings is 1. The SMILES string of the molecule is Fc1cc(Br)cc(-c2cc(Cl)on2)c1. The van der Waals surface area contributed by atoms with Crippen molar-refractivity contribution in [2.75, 3.05) is 0 Å². The van der Waals surface area contributed by atoms with Gasteiger partial charge in [0.15, 0.2) is 0 Å². The number of rotatable bonds is 1. The van der Waals surface area contributed by atoms with Gasteiger partial charge in [-0.15, -0.1) is 0 Å². The van der Waals surface area contributed by atoms with Gasteiger partial charge in [0.05, 0.1) is 0 Å². The van der Waals surface area contributed by atoms with Crippen LogP contribution in [-0.4, -0.2) is 5.16 Å². The quantitative estimate of drug-likeness (QED) is 0.789. The molecule has 0 aliphatic rings. The Hall–Kier alpha value is -0.870. The summed E-state index contributed by atoms with van der Waals surface area (Å²) < 4.78 is 18.3. The first kappa shape index (κ1) is 9.68. The van der Waals surface area contributed by atoms with Gasteiger partial charge < -0.3 is 4.52 Å². The molecular formula is C9H4BrClFNO. The van der Waals surface area contributed by atoms with E-state index in [0.29, 0.717) is 15.7 Å². The van der Waals surface area contributed by atoms with Gasteiger partial charge in [-0.3, -0.25) is 0 Å². The van der Waals surface area contributed by atoms with Crippen molar-refractivity contribution in [3.05, 3.63) is 39.8 Å². The first-order valence-electron chi connectivity index (χ1n) is 3.74. The Morgan fingerprint density at radius 2 is 2.07 bits per heavy atom. The highest BCUT2D eigenvalue weighted by Gasteiger charge is 2.06. The molecule has 0 amide bonds. The van der Waals surface area contributed by atoms with Crippen molar-refractivity contribution in [1.29, 1.82) is 0 Å². The summed E-state index contributed by atoms with van der Waals surface area (Å²) in [6, 6.07) is 5.99. The summed E-state index contributed by atoms with van der Waals surface area (Å²) in [5.74, 6) is -0.339. The van der Waals surface area contributed by atoms with E-state index in [4.69, 9.17) is 11.6 Å². The van der Waals surface area contributed by atoms with Gasteiger partial charge in [-0.25, -0.2) is 4.39 Å². The fourth-order valence-electron chi connectivity index (χ4n) is 1.09. The Morgan fingerprint density at radius 3 is 2.64 bits per heavy atom. The molecule has 0 fully saturated rings. The molecule has 2 rings (SSSR count). The van der Waals surface area contributed by atoms with Gasteiger partial charge in [0, 0.05) is 16.1 Å². The number of aromatic nitrogens is 1. The molecule has 1 heterocycles. The van der Waals surface area contributed by atoms with E-state index in [0.717, 1.165) is 0 Å². The summed E-state index contributed by atoms with van der Waals surface area (Å²) in [7, 11) is 0. The zero-order valence-electron chi connectivity index (χ0n) is 6.80. The maximum absolute atomic E-state index is 13.0. The van der Waals surface area contributed by atoms with Crippen molar-refractivity contribution in [2.45, 2.75) is 0 Å². The van der Waals surface area contributed by atoms with Crippen LogP contribution in [0.15, 0.2) is 33.3 Å². The third-order valence-corrected chi connectivity index (χ3v) is 2.28. The number of halogens is 3. The minimum absolute atomic E-state index is 0.181. The molecule has 0 unspecified atom stereocenters. The molecule has 1 aromatic carbocycles. The molecule has 0 aliphatic heterocycles. The lowest BCUT2D eigenvalue weighted by molar-refractivity contribution is 0.424. The maximum Gasteiger partial charge on any atom is 0.226 e. The summed E-state index contributed by atoms with van der Waals surface area (Å²) in [5, 5.41) is 3.85. The fourth-order valence-corrected chi connectivity index (χ4v) is 1.69. The third kappa shape index (κ3) is 1.96. The minimum Gasteiger partial charge on any atom is -0.344 e. The van der Waals surface area contributed by atoms with Crippen LogP contribution < -0.4 is 0 Å². The maximum atomic E-state index is 13.0. The number of hydrogen-bond donors (Lipinski definition) is 0. The molecule has 2 aromatic rings. The molecule has 0 aliphatic carbocycles. The zero-order chi connectivity index (χ0) is 10.1. The normalized spacial score (nSPS) is 10.5. The summed E-state index contributed by atoms with van der Waals surface area (Å²) in [4.78, 5) is 0. The van der Waals surface area contributed by atoms with Gasteiger partial charge in [0.25, 0.3) is 0 Å². The van der Waals surface area contributed by atoms with Crippen LogP contribution in [0.4, 0.5) is 4.39 Å². The van der Waals surface area contributed by atoms with Crippen LogP contribution in [0.25, 0.3) is 11.3 Å². The Balaban J connectivity index is 2.51. The summed E-state index contributed by atoms with van der Waals surface area (Å²) in [6.07, 6.45) is 0. The van der Waals surface area contributed by atoms with Crippen LogP contribution in [-0.2, 0) is 0 Å². The van der Waals surface area contributed by atoms with Crippen molar-refractivity contribution in [2.24, 2.45) is 0 Å². The molecule has 0 spiro atoms. The highest BCUT2D eigenvalue weighted by Crippen LogP contribution is 2.25. The number of nitrogens with zero attached hydrogens (tertiary/aromatic N) is 1. The molecule has 0 bridgehead atoms. The molecule has 0 N–H and O–H groups in total. The van der Waals surface area contributed by atoms with Gasteiger partial charge in [0.2, 0.25) is 5.22 Å². The highest BCUT2D eigenvalue weighted by atomic mass is 79.9. The smallest absolute Gasteiger partial charge is 0.226 e. The predicted octanol–water partition coefficient (Wildman–Crippen LogP) is 3.90. The average molecular weight is 276 g/mol. The zero-order valence-corrected chi connectivity index (χ0v) is 9.14. The lowest BCUT2D eigenvalue weighted by atomic mass is 10.1. The van der Waals surface area contributed by atoms with Crippen molar-refractivity contribution < 1.29 is 8.91 Å². The van der Waals surface area contributed by atoms with Gasteiger partial charge in [0.1, 0.15) is 11.5 Å². The Kier molecular flexibility index (Phi) is 2.56. The Bertz CT molecular complexity index is 451. The van der Waals surface area contributed by atoms with E-state index in [2.05, 4.69) is 25.6 Å². The van der Waals surface area contributed by atoms with Crippen LogP contribution in [0.5, 0.6) is 0 Å². The second-order valence-electron chi connectivity index (χ2n) is 2.67. The van der Waals surface area contributed by atoms with E-state index >= 15 is 0 Å². The average Bonchev–Trinajstić information content (AvgIpc) is 2.50. The largest absolute Gasteiger partial charge is 0.344 e. The van der Waals surface area contributed by atoms with E-state index in [-0.39, 0.29) is 11.0 Å². The topological polar surface area (TPSA) is 26.0 Å². The van der Waals surface area contributed by atoms with E-state index in [1.165, 1.54) is 18.2 Å². The predicted molar refractivity (Wildman–Crippen MR) is 54.6 cm³/mol. The lowest BCUT2D eigenvalue weighted by Gasteiger charge is -1.97. The molecular weight excluding hydrogens is 272 g/mol. The molecule has 0 atom stereocenters. The highest BCUT2D eigenvalue weighted by molar-refractivity contribution is 9.10. The summed E-state index contributed by atoms with van der Waals surface area (Å²) >= 11 is 8.74. The minimum atomic E-state index is -0.339. The second kappa shape index (κ2) is 3.71. The monoisotopic (exact) mass is 275 g/mol. The van der Waals surface area contributed by atoms with E-state index in [1.54, 1.807) is 6.07 Å². The molecule has 0 saturated heterocycles. The van der Waals surface area contributed by atoms with Gasteiger partial charge in [-0.05, 0) is 29.8 Å². The Labute approximate surface area is 92.8 Å². The standard InChI is InChI=1S/C9H4BrClFNO/c10-6-1-5(2-7(12)3-6)8-4-9(11)14-13-8/h1-4H.